The maximum absolute atomic E-state index is 13.2. The molecule has 0 spiro atoms. The molecule has 0 aliphatic heterocycles. The lowest BCUT2D eigenvalue weighted by atomic mass is 10.1. The van der Waals surface area contributed by atoms with E-state index < -0.39 is 5.91 Å². The molecular weight excluding hydrogens is 477 g/mol. The van der Waals surface area contributed by atoms with Gasteiger partial charge in [0.15, 0.2) is 0 Å². The van der Waals surface area contributed by atoms with Gasteiger partial charge in [-0.1, -0.05) is 41.4 Å². The van der Waals surface area contributed by atoms with Crippen molar-refractivity contribution in [3.05, 3.63) is 104 Å². The summed E-state index contributed by atoms with van der Waals surface area (Å²) in [5.74, 6) is -0.718. The van der Waals surface area contributed by atoms with Crippen LogP contribution in [0.2, 0.25) is 10.0 Å². The second-order valence-corrected chi connectivity index (χ2v) is 9.18. The minimum Gasteiger partial charge on any atom is -0.397 e. The van der Waals surface area contributed by atoms with E-state index in [-0.39, 0.29) is 21.9 Å². The van der Waals surface area contributed by atoms with Crippen molar-refractivity contribution in [3.63, 3.8) is 0 Å². The van der Waals surface area contributed by atoms with E-state index in [4.69, 9.17) is 28.9 Å². The number of carbonyl (C=O) groups excluding carboxylic acids is 2. The number of benzene rings is 3. The van der Waals surface area contributed by atoms with E-state index in [1.54, 1.807) is 48.5 Å². The van der Waals surface area contributed by atoms with E-state index >= 15 is 0 Å². The van der Waals surface area contributed by atoms with E-state index in [1.807, 2.05) is 31.2 Å². The van der Waals surface area contributed by atoms with E-state index in [2.05, 4.69) is 10.6 Å². The SMILES string of the molecule is Cc1ccccc1Nc1sc(C(=O)c2ccc(Cl)cc2)c(N)c1C(=O)Nc1ccc(Cl)cc1. The molecule has 0 bridgehead atoms. The molecule has 0 aliphatic rings. The number of hydrogen-bond acceptors (Lipinski definition) is 5. The number of thiophene rings is 1. The first-order chi connectivity index (χ1) is 15.8. The van der Waals surface area contributed by atoms with E-state index in [0.717, 1.165) is 22.6 Å². The van der Waals surface area contributed by atoms with Crippen LogP contribution in [0.1, 0.15) is 31.2 Å². The summed E-state index contributed by atoms with van der Waals surface area (Å²) in [4.78, 5) is 26.7. The normalized spacial score (nSPS) is 10.6. The Morgan fingerprint density at radius 2 is 1.48 bits per heavy atom. The maximum atomic E-state index is 13.2. The van der Waals surface area contributed by atoms with Crippen LogP contribution in [-0.4, -0.2) is 11.7 Å². The predicted molar refractivity (Wildman–Crippen MR) is 137 cm³/mol. The van der Waals surface area contributed by atoms with Crippen molar-refractivity contribution >= 4 is 68.3 Å². The smallest absolute Gasteiger partial charge is 0.260 e. The average Bonchev–Trinajstić information content (AvgIpc) is 3.12. The molecule has 5 nitrogen and oxygen atoms in total. The van der Waals surface area contributed by atoms with Crippen LogP contribution in [0.15, 0.2) is 72.8 Å². The molecule has 0 atom stereocenters. The van der Waals surface area contributed by atoms with Gasteiger partial charge < -0.3 is 16.4 Å². The van der Waals surface area contributed by atoms with Crippen molar-refractivity contribution in [2.45, 2.75) is 6.92 Å². The number of anilines is 4. The van der Waals surface area contributed by atoms with Gasteiger partial charge >= 0.3 is 0 Å². The molecule has 3 aromatic carbocycles. The molecule has 0 fully saturated rings. The van der Waals surface area contributed by atoms with Crippen molar-refractivity contribution in [2.24, 2.45) is 0 Å². The summed E-state index contributed by atoms with van der Waals surface area (Å²) in [7, 11) is 0. The highest BCUT2D eigenvalue weighted by Crippen LogP contribution is 2.39. The minimum atomic E-state index is -0.433. The summed E-state index contributed by atoms with van der Waals surface area (Å²) in [6, 6.07) is 20.9. The van der Waals surface area contributed by atoms with E-state index in [1.165, 1.54) is 0 Å². The molecule has 0 saturated heterocycles. The zero-order valence-corrected chi connectivity index (χ0v) is 19.8. The number of rotatable bonds is 6. The lowest BCUT2D eigenvalue weighted by Gasteiger charge is -2.11. The highest BCUT2D eigenvalue weighted by molar-refractivity contribution is 7.19. The van der Waals surface area contributed by atoms with Gasteiger partial charge in [-0.05, 0) is 67.1 Å². The Labute approximate surface area is 205 Å². The fourth-order valence-corrected chi connectivity index (χ4v) is 4.57. The first-order valence-corrected chi connectivity index (χ1v) is 11.5. The third-order valence-corrected chi connectivity index (χ3v) is 6.60. The molecular formula is C25H19Cl2N3O2S. The van der Waals surface area contributed by atoms with Gasteiger partial charge in [0.25, 0.3) is 5.91 Å². The number of carbonyl (C=O) groups is 2. The summed E-state index contributed by atoms with van der Waals surface area (Å²) >= 11 is 13.0. The van der Waals surface area contributed by atoms with Crippen LogP contribution in [0.25, 0.3) is 0 Å². The summed E-state index contributed by atoms with van der Waals surface area (Å²) in [5.41, 5.74) is 9.48. The summed E-state index contributed by atoms with van der Waals surface area (Å²) in [6.45, 7) is 1.95. The Morgan fingerprint density at radius 1 is 0.879 bits per heavy atom. The highest BCUT2D eigenvalue weighted by Gasteiger charge is 2.27. The Morgan fingerprint density at radius 3 is 2.12 bits per heavy atom. The molecule has 0 unspecified atom stereocenters. The van der Waals surface area contributed by atoms with Crippen LogP contribution >= 0.6 is 34.5 Å². The van der Waals surface area contributed by atoms with Crippen molar-refractivity contribution in [2.75, 3.05) is 16.4 Å². The lowest BCUT2D eigenvalue weighted by Crippen LogP contribution is -2.15. The van der Waals surface area contributed by atoms with Crippen LogP contribution < -0.4 is 16.4 Å². The molecule has 1 aromatic heterocycles. The van der Waals surface area contributed by atoms with Gasteiger partial charge in [0.2, 0.25) is 5.78 Å². The van der Waals surface area contributed by atoms with Gasteiger partial charge in [-0.25, -0.2) is 0 Å². The van der Waals surface area contributed by atoms with E-state index in [9.17, 15) is 9.59 Å². The predicted octanol–water partition coefficient (Wildman–Crippen LogP) is 7.17. The van der Waals surface area contributed by atoms with Crippen LogP contribution in [0.4, 0.5) is 22.1 Å². The number of ketones is 1. The summed E-state index contributed by atoms with van der Waals surface area (Å²) in [6.07, 6.45) is 0. The fraction of sp³-hybridized carbons (Fsp3) is 0.0400. The molecule has 4 rings (SSSR count). The van der Waals surface area contributed by atoms with Gasteiger partial charge in [0, 0.05) is 27.0 Å². The Hall–Kier alpha value is -3.32. The number of nitrogens with two attached hydrogens (primary N) is 1. The van der Waals surface area contributed by atoms with Crippen LogP contribution in [0.3, 0.4) is 0 Å². The Balaban J connectivity index is 1.76. The third kappa shape index (κ3) is 5.03. The number of halogens is 2. The molecule has 0 radical (unpaired) electrons. The number of nitrogens with one attached hydrogen (secondary N) is 2. The fourth-order valence-electron chi connectivity index (χ4n) is 3.22. The van der Waals surface area contributed by atoms with Gasteiger partial charge in [-0.3, -0.25) is 9.59 Å². The Kier molecular flexibility index (Phi) is 6.70. The van der Waals surface area contributed by atoms with Gasteiger partial charge in [0.1, 0.15) is 9.88 Å². The topological polar surface area (TPSA) is 84.2 Å². The van der Waals surface area contributed by atoms with Crippen LogP contribution in [-0.2, 0) is 0 Å². The van der Waals surface area contributed by atoms with Gasteiger partial charge in [-0.2, -0.15) is 0 Å². The monoisotopic (exact) mass is 495 g/mol. The molecule has 8 heteroatoms. The lowest BCUT2D eigenvalue weighted by molar-refractivity contribution is 0.102. The molecule has 0 aliphatic carbocycles. The van der Waals surface area contributed by atoms with Crippen molar-refractivity contribution in [1.82, 2.24) is 0 Å². The summed E-state index contributed by atoms with van der Waals surface area (Å²) in [5, 5.41) is 7.66. The maximum Gasteiger partial charge on any atom is 0.260 e. The largest absolute Gasteiger partial charge is 0.397 e. The van der Waals surface area contributed by atoms with Crippen molar-refractivity contribution in [3.8, 4) is 0 Å². The number of aryl methyl sites for hydroxylation is 1. The average molecular weight is 496 g/mol. The molecule has 1 amide bonds. The molecule has 0 saturated carbocycles. The quantitative estimate of drug-likeness (QED) is 0.247. The first-order valence-electron chi connectivity index (χ1n) is 9.95. The van der Waals surface area contributed by atoms with Gasteiger partial charge in [0.05, 0.1) is 11.3 Å². The first kappa shape index (κ1) is 22.9. The zero-order chi connectivity index (χ0) is 23.5. The molecule has 4 aromatic rings. The van der Waals surface area contributed by atoms with E-state index in [0.29, 0.717) is 26.3 Å². The number of amides is 1. The Bertz CT molecular complexity index is 1330. The standard InChI is InChI=1S/C25H19Cl2N3O2S/c1-14-4-2-3-5-19(14)30-25-20(24(32)29-18-12-10-17(27)11-13-18)21(28)23(33-25)22(31)15-6-8-16(26)9-7-15/h2-13,30H,28H2,1H3,(H,29,32). The second-order valence-electron chi connectivity index (χ2n) is 7.29. The molecule has 166 valence electrons. The van der Waals surface area contributed by atoms with Crippen molar-refractivity contribution in [1.29, 1.82) is 0 Å². The van der Waals surface area contributed by atoms with Gasteiger partial charge in [-0.15, -0.1) is 11.3 Å². The van der Waals surface area contributed by atoms with Crippen LogP contribution in [0.5, 0.6) is 0 Å². The van der Waals surface area contributed by atoms with Crippen LogP contribution in [0, 0.1) is 6.92 Å². The second kappa shape index (κ2) is 9.67. The number of para-hydroxylation sites is 1. The minimum absolute atomic E-state index is 0.113. The number of nitrogen functional groups attached to an aromatic ring is 1. The highest BCUT2D eigenvalue weighted by atomic mass is 35.5. The molecule has 1 heterocycles. The third-order valence-electron chi connectivity index (χ3n) is 4.98. The van der Waals surface area contributed by atoms with Crippen molar-refractivity contribution < 1.29 is 9.59 Å². The molecule has 33 heavy (non-hydrogen) atoms. The molecule has 4 N–H and O–H groups in total. The zero-order valence-electron chi connectivity index (χ0n) is 17.5. The summed E-state index contributed by atoms with van der Waals surface area (Å²) < 4.78 is 0. The number of hydrogen-bond donors (Lipinski definition) is 3.